The number of benzene rings is 2. The summed E-state index contributed by atoms with van der Waals surface area (Å²) >= 11 is 0. The number of rotatable bonds is 3. The molecule has 1 aliphatic heterocycles. The van der Waals surface area contributed by atoms with Crippen molar-refractivity contribution in [3.63, 3.8) is 0 Å². The molecule has 1 fully saturated rings. The third kappa shape index (κ3) is 2.59. The highest BCUT2D eigenvalue weighted by Gasteiger charge is 2.43. The fourth-order valence-electron chi connectivity index (χ4n) is 2.92. The Balaban J connectivity index is 1.53. The van der Waals surface area contributed by atoms with Crippen LogP contribution in [0.3, 0.4) is 0 Å². The van der Waals surface area contributed by atoms with Crippen molar-refractivity contribution in [3.8, 4) is 0 Å². The van der Waals surface area contributed by atoms with E-state index in [-0.39, 0.29) is 11.7 Å². The highest BCUT2D eigenvalue weighted by molar-refractivity contribution is 6.07. The topological polar surface area (TPSA) is 100 Å². The summed E-state index contributed by atoms with van der Waals surface area (Å²) in [6, 6.07) is 15.2. The number of amides is 4. The van der Waals surface area contributed by atoms with Gasteiger partial charge in [0.15, 0.2) is 5.76 Å². The zero-order valence-corrected chi connectivity index (χ0v) is 13.8. The normalized spacial score (nSPS) is 19.3. The molecule has 7 nitrogen and oxygen atoms in total. The molecule has 3 N–H and O–H groups in total. The van der Waals surface area contributed by atoms with Gasteiger partial charge >= 0.3 is 6.03 Å². The third-order valence-electron chi connectivity index (χ3n) is 4.41. The molecule has 0 saturated carbocycles. The Hall–Kier alpha value is -3.61. The predicted octanol–water partition coefficient (Wildman–Crippen LogP) is 2.74. The van der Waals surface area contributed by atoms with Crippen LogP contribution in [0.4, 0.5) is 10.5 Å². The minimum absolute atomic E-state index is 0.213. The zero-order valence-electron chi connectivity index (χ0n) is 13.8. The summed E-state index contributed by atoms with van der Waals surface area (Å²) < 4.78 is 5.54. The Kier molecular flexibility index (Phi) is 3.50. The van der Waals surface area contributed by atoms with Gasteiger partial charge in [-0.2, -0.15) is 0 Å². The summed E-state index contributed by atoms with van der Waals surface area (Å²) in [6.45, 7) is 1.62. The first-order valence-corrected chi connectivity index (χ1v) is 8.00. The molecule has 2 heterocycles. The van der Waals surface area contributed by atoms with E-state index in [1.54, 1.807) is 43.3 Å². The Morgan fingerprint density at radius 3 is 2.46 bits per heavy atom. The number of fused-ring (bicyclic) bond motifs is 1. The van der Waals surface area contributed by atoms with Crippen molar-refractivity contribution < 1.29 is 18.8 Å². The van der Waals surface area contributed by atoms with E-state index < -0.39 is 17.5 Å². The average Bonchev–Trinajstić information content (AvgIpc) is 3.16. The lowest BCUT2D eigenvalue weighted by Gasteiger charge is -2.21. The van der Waals surface area contributed by atoms with Crippen LogP contribution >= 0.6 is 0 Å². The maximum Gasteiger partial charge on any atom is 0.322 e. The largest absolute Gasteiger partial charge is 0.451 e. The second-order valence-corrected chi connectivity index (χ2v) is 6.21. The summed E-state index contributed by atoms with van der Waals surface area (Å²) in [5, 5.41) is 8.41. The maximum atomic E-state index is 12.4. The highest BCUT2D eigenvalue weighted by Crippen LogP contribution is 2.26. The number of hydrogen-bond acceptors (Lipinski definition) is 4. The maximum absolute atomic E-state index is 12.4. The SMILES string of the molecule is C[C@@]1(c2ccc(NC(=O)c3cc4ccccc4o3)cc2)NC(=O)NC1=O. The van der Waals surface area contributed by atoms with Crippen LogP contribution < -0.4 is 16.0 Å². The zero-order chi connectivity index (χ0) is 18.3. The standard InChI is InChI=1S/C19H15N3O4/c1-19(17(24)21-18(25)22-19)12-6-8-13(9-7-12)20-16(23)15-10-11-4-2-3-5-14(11)26-15/h2-10H,1H3,(H,20,23)(H2,21,22,24,25)/t19-/m0/s1. The average molecular weight is 349 g/mol. The lowest BCUT2D eigenvalue weighted by molar-refractivity contribution is -0.123. The van der Waals surface area contributed by atoms with Crippen molar-refractivity contribution in [1.29, 1.82) is 0 Å². The minimum atomic E-state index is -1.13. The van der Waals surface area contributed by atoms with Gasteiger partial charge in [0.05, 0.1) is 0 Å². The summed E-state index contributed by atoms with van der Waals surface area (Å²) in [5.41, 5.74) is 0.678. The number of furan rings is 1. The first-order chi connectivity index (χ1) is 12.5. The summed E-state index contributed by atoms with van der Waals surface area (Å²) in [4.78, 5) is 35.7. The van der Waals surface area contributed by atoms with Gasteiger partial charge in [-0.3, -0.25) is 14.9 Å². The molecule has 1 saturated heterocycles. The van der Waals surface area contributed by atoms with Crippen molar-refractivity contribution in [1.82, 2.24) is 10.6 Å². The highest BCUT2D eigenvalue weighted by atomic mass is 16.3. The Morgan fingerprint density at radius 1 is 1.08 bits per heavy atom. The minimum Gasteiger partial charge on any atom is -0.451 e. The molecule has 0 radical (unpaired) electrons. The van der Waals surface area contributed by atoms with Gasteiger partial charge in [0.1, 0.15) is 11.1 Å². The van der Waals surface area contributed by atoms with Crippen LogP contribution in [0.15, 0.2) is 59.0 Å². The summed E-state index contributed by atoms with van der Waals surface area (Å²) in [7, 11) is 0. The van der Waals surface area contributed by atoms with Crippen LogP contribution in [0, 0.1) is 0 Å². The van der Waals surface area contributed by atoms with Gasteiger partial charge in [-0.05, 0) is 36.8 Å². The van der Waals surface area contributed by atoms with Crippen LogP contribution in [-0.2, 0) is 10.3 Å². The van der Waals surface area contributed by atoms with E-state index in [1.807, 2.05) is 18.2 Å². The van der Waals surface area contributed by atoms with Crippen molar-refractivity contribution >= 4 is 34.5 Å². The predicted molar refractivity (Wildman–Crippen MR) is 94.6 cm³/mol. The van der Waals surface area contributed by atoms with E-state index >= 15 is 0 Å². The molecule has 0 unspecified atom stereocenters. The monoisotopic (exact) mass is 349 g/mol. The molecule has 2 aromatic carbocycles. The lowest BCUT2D eigenvalue weighted by atomic mass is 9.92. The molecular weight excluding hydrogens is 334 g/mol. The van der Waals surface area contributed by atoms with Gasteiger partial charge in [-0.25, -0.2) is 4.79 Å². The van der Waals surface area contributed by atoms with Crippen LogP contribution in [0.5, 0.6) is 0 Å². The first kappa shape index (κ1) is 15.9. The first-order valence-electron chi connectivity index (χ1n) is 8.00. The van der Waals surface area contributed by atoms with Crippen LogP contribution in [0.25, 0.3) is 11.0 Å². The summed E-state index contributed by atoms with van der Waals surface area (Å²) in [5.74, 6) is -0.571. The number of urea groups is 1. The number of anilines is 1. The van der Waals surface area contributed by atoms with Crippen molar-refractivity contribution in [2.45, 2.75) is 12.5 Å². The molecule has 4 rings (SSSR count). The van der Waals surface area contributed by atoms with E-state index in [2.05, 4.69) is 16.0 Å². The van der Waals surface area contributed by atoms with Crippen LogP contribution in [0.1, 0.15) is 23.0 Å². The molecule has 3 aromatic rings. The molecule has 4 amide bonds. The van der Waals surface area contributed by atoms with Crippen molar-refractivity contribution in [2.24, 2.45) is 0 Å². The van der Waals surface area contributed by atoms with E-state index in [0.717, 1.165) is 5.39 Å². The molecule has 7 heteroatoms. The molecular formula is C19H15N3O4. The van der Waals surface area contributed by atoms with Gasteiger partial charge in [0.2, 0.25) is 0 Å². The van der Waals surface area contributed by atoms with E-state index in [1.165, 1.54) is 0 Å². The number of nitrogens with one attached hydrogen (secondary N) is 3. The van der Waals surface area contributed by atoms with Gasteiger partial charge < -0.3 is 15.1 Å². The summed E-state index contributed by atoms with van der Waals surface area (Å²) in [6.07, 6.45) is 0. The number of para-hydroxylation sites is 1. The lowest BCUT2D eigenvalue weighted by Crippen LogP contribution is -2.40. The molecule has 1 aromatic heterocycles. The molecule has 26 heavy (non-hydrogen) atoms. The van der Waals surface area contributed by atoms with Crippen LogP contribution in [0.2, 0.25) is 0 Å². The quantitative estimate of drug-likeness (QED) is 0.633. The second kappa shape index (κ2) is 5.73. The number of imide groups is 1. The Bertz CT molecular complexity index is 1010. The molecule has 1 aliphatic rings. The Morgan fingerprint density at radius 2 is 1.81 bits per heavy atom. The molecule has 1 atom stereocenters. The van der Waals surface area contributed by atoms with Crippen molar-refractivity contribution in [3.05, 3.63) is 65.9 Å². The third-order valence-corrected chi connectivity index (χ3v) is 4.41. The molecule has 0 spiro atoms. The van der Waals surface area contributed by atoms with Gasteiger partial charge in [-0.1, -0.05) is 30.3 Å². The van der Waals surface area contributed by atoms with Crippen molar-refractivity contribution in [2.75, 3.05) is 5.32 Å². The van der Waals surface area contributed by atoms with Gasteiger partial charge in [0, 0.05) is 11.1 Å². The smallest absolute Gasteiger partial charge is 0.322 e. The fraction of sp³-hybridized carbons (Fsp3) is 0.105. The second-order valence-electron chi connectivity index (χ2n) is 6.21. The number of carbonyl (C=O) groups excluding carboxylic acids is 3. The van der Waals surface area contributed by atoms with E-state index in [9.17, 15) is 14.4 Å². The number of hydrogen-bond donors (Lipinski definition) is 3. The molecule has 0 aliphatic carbocycles. The Labute approximate surface area is 148 Å². The van der Waals surface area contributed by atoms with Crippen LogP contribution in [-0.4, -0.2) is 17.8 Å². The fourth-order valence-corrected chi connectivity index (χ4v) is 2.92. The molecule has 0 bridgehead atoms. The van der Waals surface area contributed by atoms with Gasteiger partial charge in [0.25, 0.3) is 11.8 Å². The molecule has 130 valence electrons. The number of carbonyl (C=O) groups is 3. The van der Waals surface area contributed by atoms with E-state index in [0.29, 0.717) is 16.8 Å². The van der Waals surface area contributed by atoms with E-state index in [4.69, 9.17) is 4.42 Å². The van der Waals surface area contributed by atoms with Gasteiger partial charge in [-0.15, -0.1) is 0 Å².